The zero-order valence-electron chi connectivity index (χ0n) is 16.0. The van der Waals surface area contributed by atoms with Crippen molar-refractivity contribution in [3.63, 3.8) is 0 Å². The second-order valence-corrected chi connectivity index (χ2v) is 6.48. The van der Waals surface area contributed by atoms with Crippen molar-refractivity contribution in [1.29, 1.82) is 0 Å². The van der Waals surface area contributed by atoms with Crippen LogP contribution in [0.15, 0.2) is 60.7 Å². The molecule has 2 rings (SSSR count). The fraction of sp³-hybridized carbons (Fsp3) is 0.238. The van der Waals surface area contributed by atoms with Gasteiger partial charge in [0.05, 0.1) is 13.0 Å². The normalized spacial score (nSPS) is 12.4. The number of carbonyl (C=O) groups is 4. The second-order valence-electron chi connectivity index (χ2n) is 6.48. The predicted molar refractivity (Wildman–Crippen MR) is 105 cm³/mol. The number of hydrogen-bond acceptors (Lipinski definition) is 5. The van der Waals surface area contributed by atoms with E-state index in [1.807, 2.05) is 6.07 Å². The van der Waals surface area contributed by atoms with E-state index >= 15 is 0 Å². The van der Waals surface area contributed by atoms with Crippen LogP contribution in [0.5, 0.6) is 0 Å². The van der Waals surface area contributed by atoms with Crippen molar-refractivity contribution < 1.29 is 34.2 Å². The minimum absolute atomic E-state index is 0.0212. The molecule has 0 spiro atoms. The van der Waals surface area contributed by atoms with Crippen LogP contribution in [0.3, 0.4) is 0 Å². The number of carboxylic acid groups (broad SMARTS) is 2. The summed E-state index contributed by atoms with van der Waals surface area (Å²) in [4.78, 5) is 52.5. The third-order valence-electron chi connectivity index (χ3n) is 4.16. The summed E-state index contributed by atoms with van der Waals surface area (Å²) in [6.07, 6.45) is -0.835. The number of hydroxylamine groups is 1. The number of aliphatic carboxylic acids is 2. The Labute approximate surface area is 172 Å². The fourth-order valence-corrected chi connectivity index (χ4v) is 2.64. The summed E-state index contributed by atoms with van der Waals surface area (Å²) < 4.78 is 0. The van der Waals surface area contributed by atoms with Gasteiger partial charge in [0.2, 0.25) is 5.91 Å². The summed E-state index contributed by atoms with van der Waals surface area (Å²) >= 11 is 0. The molecule has 9 nitrogen and oxygen atoms in total. The first-order chi connectivity index (χ1) is 14.4. The molecule has 0 saturated carbocycles. The van der Waals surface area contributed by atoms with Gasteiger partial charge < -0.3 is 15.5 Å². The van der Waals surface area contributed by atoms with Gasteiger partial charge in [-0.15, -0.1) is 0 Å². The van der Waals surface area contributed by atoms with Gasteiger partial charge in [-0.2, -0.15) is 0 Å². The zero-order valence-corrected chi connectivity index (χ0v) is 16.0. The Kier molecular flexibility index (Phi) is 8.52. The second kappa shape index (κ2) is 11.3. The van der Waals surface area contributed by atoms with Gasteiger partial charge in [-0.3, -0.25) is 19.2 Å². The Balaban J connectivity index is 2.08. The van der Waals surface area contributed by atoms with Crippen LogP contribution >= 0.6 is 0 Å². The van der Waals surface area contributed by atoms with Crippen LogP contribution in [-0.2, 0) is 37.0 Å². The van der Waals surface area contributed by atoms with E-state index in [2.05, 4.69) is 10.8 Å². The molecule has 0 aliphatic carbocycles. The lowest BCUT2D eigenvalue weighted by molar-refractivity contribution is -0.150. The lowest BCUT2D eigenvalue weighted by Gasteiger charge is -2.19. The molecule has 0 aliphatic heterocycles. The average Bonchev–Trinajstić information content (AvgIpc) is 2.72. The Morgan fingerprint density at radius 1 is 0.833 bits per heavy atom. The van der Waals surface area contributed by atoms with E-state index in [1.54, 1.807) is 54.6 Å². The van der Waals surface area contributed by atoms with Crippen LogP contribution in [0, 0.1) is 5.92 Å². The van der Waals surface area contributed by atoms with E-state index in [9.17, 15) is 19.2 Å². The molecule has 2 aromatic carbocycles. The Morgan fingerprint density at radius 3 is 1.93 bits per heavy atom. The average molecular weight is 414 g/mol. The molecule has 158 valence electrons. The van der Waals surface area contributed by atoms with E-state index in [4.69, 9.17) is 15.1 Å². The van der Waals surface area contributed by atoms with Crippen LogP contribution in [0.2, 0.25) is 0 Å². The molecule has 0 aliphatic rings. The number of carboxylic acids is 2. The summed E-state index contributed by atoms with van der Waals surface area (Å²) in [6.45, 7) is 0.0724. The summed E-state index contributed by atoms with van der Waals surface area (Å²) in [7, 11) is 0. The summed E-state index contributed by atoms with van der Waals surface area (Å²) in [5, 5.41) is 20.1. The van der Waals surface area contributed by atoms with E-state index in [-0.39, 0.29) is 13.0 Å². The van der Waals surface area contributed by atoms with E-state index in [1.165, 1.54) is 0 Å². The van der Waals surface area contributed by atoms with Crippen LogP contribution in [-0.4, -0.2) is 40.0 Å². The van der Waals surface area contributed by atoms with Crippen LogP contribution < -0.4 is 10.8 Å². The molecule has 9 heteroatoms. The molecule has 4 N–H and O–H groups in total. The van der Waals surface area contributed by atoms with Crippen LogP contribution in [0.1, 0.15) is 17.5 Å². The van der Waals surface area contributed by atoms with Gasteiger partial charge in [0, 0.05) is 0 Å². The highest BCUT2D eigenvalue weighted by molar-refractivity contribution is 6.01. The van der Waals surface area contributed by atoms with Crippen LogP contribution in [0.25, 0.3) is 0 Å². The topological polar surface area (TPSA) is 142 Å². The molecule has 0 aromatic heterocycles. The molecule has 1 unspecified atom stereocenters. The minimum Gasteiger partial charge on any atom is -0.481 e. The number of amides is 2. The highest BCUT2D eigenvalue weighted by Gasteiger charge is 2.31. The molecular weight excluding hydrogens is 392 g/mol. The van der Waals surface area contributed by atoms with Crippen molar-refractivity contribution in [1.82, 2.24) is 10.8 Å². The van der Waals surface area contributed by atoms with Crippen LogP contribution in [0.4, 0.5) is 0 Å². The molecule has 2 aromatic rings. The van der Waals surface area contributed by atoms with Gasteiger partial charge >= 0.3 is 11.9 Å². The summed E-state index contributed by atoms with van der Waals surface area (Å²) in [5.41, 5.74) is 3.68. The van der Waals surface area contributed by atoms with Crippen molar-refractivity contribution >= 4 is 23.8 Å². The molecule has 30 heavy (non-hydrogen) atoms. The third-order valence-corrected chi connectivity index (χ3v) is 4.16. The maximum absolute atomic E-state index is 12.6. The number of rotatable bonds is 11. The fourth-order valence-electron chi connectivity index (χ4n) is 2.64. The molecule has 0 fully saturated rings. The molecule has 0 radical (unpaired) electrons. The Morgan fingerprint density at radius 2 is 1.40 bits per heavy atom. The van der Waals surface area contributed by atoms with Gasteiger partial charge in [0.25, 0.3) is 5.91 Å². The van der Waals surface area contributed by atoms with E-state index in [0.717, 1.165) is 5.56 Å². The Hall–Kier alpha value is -3.72. The SMILES string of the molecule is O=C(O)C[C@@H](NC(=O)C(Cc1ccccc1)C(=O)NOCc1ccccc1)C(=O)O. The standard InChI is InChI=1S/C21H22N2O7/c24-18(25)12-17(21(28)29)22-19(26)16(11-14-7-3-1-4-8-14)20(27)23-30-13-15-9-5-2-6-10-15/h1-10,16-17H,11-13H2,(H,22,26)(H,23,27)(H,24,25)(H,28,29)/t16?,17-/m1/s1. The first-order valence-corrected chi connectivity index (χ1v) is 9.11. The zero-order chi connectivity index (χ0) is 21.9. The monoisotopic (exact) mass is 414 g/mol. The van der Waals surface area contributed by atoms with Crippen molar-refractivity contribution in [2.45, 2.75) is 25.5 Å². The van der Waals surface area contributed by atoms with Crippen molar-refractivity contribution in [2.75, 3.05) is 0 Å². The molecule has 2 amide bonds. The number of carbonyl (C=O) groups excluding carboxylic acids is 2. The number of benzene rings is 2. The maximum atomic E-state index is 12.6. The lowest BCUT2D eigenvalue weighted by atomic mass is 9.97. The maximum Gasteiger partial charge on any atom is 0.326 e. The molecule has 2 atom stereocenters. The summed E-state index contributed by atoms with van der Waals surface area (Å²) in [6, 6.07) is 16.0. The quantitative estimate of drug-likeness (QED) is 0.319. The molecule has 0 heterocycles. The smallest absolute Gasteiger partial charge is 0.326 e. The molecule has 0 bridgehead atoms. The van der Waals surface area contributed by atoms with Gasteiger partial charge in [0.15, 0.2) is 0 Å². The van der Waals surface area contributed by atoms with E-state index in [0.29, 0.717) is 5.56 Å². The first kappa shape index (κ1) is 22.6. The van der Waals surface area contributed by atoms with E-state index < -0.39 is 42.1 Å². The van der Waals surface area contributed by atoms with Crippen molar-refractivity contribution in [3.05, 3.63) is 71.8 Å². The summed E-state index contributed by atoms with van der Waals surface area (Å²) in [5.74, 6) is -5.90. The largest absolute Gasteiger partial charge is 0.481 e. The van der Waals surface area contributed by atoms with Gasteiger partial charge in [-0.1, -0.05) is 60.7 Å². The number of hydrogen-bond donors (Lipinski definition) is 4. The van der Waals surface area contributed by atoms with Crippen molar-refractivity contribution in [3.8, 4) is 0 Å². The van der Waals surface area contributed by atoms with Crippen molar-refractivity contribution in [2.24, 2.45) is 5.92 Å². The van der Waals surface area contributed by atoms with Gasteiger partial charge in [-0.25, -0.2) is 10.3 Å². The van der Waals surface area contributed by atoms with Gasteiger partial charge in [-0.05, 0) is 17.5 Å². The minimum atomic E-state index is -1.66. The molecular formula is C21H22N2O7. The first-order valence-electron chi connectivity index (χ1n) is 9.11. The highest BCUT2D eigenvalue weighted by Crippen LogP contribution is 2.11. The lowest BCUT2D eigenvalue weighted by Crippen LogP contribution is -2.49. The third kappa shape index (κ3) is 7.36. The highest BCUT2D eigenvalue weighted by atomic mass is 16.6. The Bertz CT molecular complexity index is 871. The number of nitrogens with one attached hydrogen (secondary N) is 2. The molecule has 0 saturated heterocycles. The van der Waals surface area contributed by atoms with Gasteiger partial charge in [0.1, 0.15) is 12.0 Å². The predicted octanol–water partition coefficient (Wildman–Crippen LogP) is 1.14.